The molecule has 3 N–H and O–H groups in total. The molecule has 308 valence electrons. The topological polar surface area (TPSA) is 106 Å². The molecule has 3 aliphatic carbocycles. The molecule has 0 saturated heterocycles. The molecule has 2 fully saturated rings. The van der Waals surface area contributed by atoms with Crippen LogP contribution < -0.4 is 20.7 Å². The van der Waals surface area contributed by atoms with Crippen LogP contribution in [0.3, 0.4) is 0 Å². The lowest BCUT2D eigenvalue weighted by Gasteiger charge is -2.28. The summed E-state index contributed by atoms with van der Waals surface area (Å²) in [6.45, 7) is 0. The van der Waals surface area contributed by atoms with E-state index in [1.807, 2.05) is 6.08 Å². The zero-order valence-electron chi connectivity index (χ0n) is 30.6. The Morgan fingerprint density at radius 1 is 0.780 bits per heavy atom. The summed E-state index contributed by atoms with van der Waals surface area (Å²) in [4.78, 5) is 40.5. The molecule has 3 amide bonds. The molecule has 8 nitrogen and oxygen atoms in total. The maximum absolute atomic E-state index is 15.4. The number of ether oxygens (including phenoxy) is 2. The van der Waals surface area contributed by atoms with E-state index in [2.05, 4.69) is 16.0 Å². The van der Waals surface area contributed by atoms with Gasteiger partial charge in [0.1, 0.15) is 23.2 Å². The third-order valence-electron chi connectivity index (χ3n) is 10.3. The van der Waals surface area contributed by atoms with E-state index in [1.165, 1.54) is 19.2 Å². The number of methoxy groups -OCH3 is 1. The van der Waals surface area contributed by atoms with Crippen molar-refractivity contribution in [2.24, 2.45) is 23.7 Å². The molecule has 2 bridgehead atoms. The molecular weight excluding hydrogens is 797 g/mol. The Labute approximate surface area is 330 Å². The molecule has 0 aliphatic heterocycles. The largest absolute Gasteiger partial charge is 0.496 e. The average Bonchev–Trinajstić information content (AvgIpc) is 3.86. The molecular formula is C42H32F9N3O5. The van der Waals surface area contributed by atoms with Gasteiger partial charge in [-0.25, -0.2) is 18.0 Å². The number of hydrogen-bond donors (Lipinski definition) is 3. The van der Waals surface area contributed by atoms with Crippen LogP contribution in [0.4, 0.5) is 55.7 Å². The van der Waals surface area contributed by atoms with Crippen LogP contribution >= 0.6 is 0 Å². The lowest BCUT2D eigenvalue weighted by Crippen LogP contribution is -2.47. The third-order valence-corrected chi connectivity index (χ3v) is 10.3. The number of alkyl halides is 6. The van der Waals surface area contributed by atoms with Crippen molar-refractivity contribution in [3.8, 4) is 16.9 Å². The second kappa shape index (κ2) is 15.8. The third kappa shape index (κ3) is 8.78. The van der Waals surface area contributed by atoms with Gasteiger partial charge in [0.25, 0.3) is 5.91 Å². The fourth-order valence-electron chi connectivity index (χ4n) is 7.41. The molecule has 4 aromatic carbocycles. The van der Waals surface area contributed by atoms with Crippen molar-refractivity contribution >= 4 is 29.3 Å². The number of hydrogen-bond acceptors (Lipinski definition) is 5. The Hall–Kier alpha value is -6.26. The van der Waals surface area contributed by atoms with Crippen molar-refractivity contribution in [1.29, 1.82) is 0 Å². The minimum atomic E-state index is -5.18. The summed E-state index contributed by atoms with van der Waals surface area (Å²) in [7, 11) is 1.24. The van der Waals surface area contributed by atoms with Crippen molar-refractivity contribution in [2.75, 3.05) is 17.7 Å². The maximum atomic E-state index is 15.4. The fraction of sp³-hybridized carbons (Fsp3) is 0.262. The summed E-state index contributed by atoms with van der Waals surface area (Å²) in [5.41, 5.74) is -2.50. The quantitative estimate of drug-likeness (QED) is 0.109. The van der Waals surface area contributed by atoms with Gasteiger partial charge in [0.15, 0.2) is 0 Å². The second-order valence-electron chi connectivity index (χ2n) is 14.3. The molecule has 0 aromatic heterocycles. The monoisotopic (exact) mass is 829 g/mol. The number of fused-ring (bicyclic) bond motifs is 2. The number of anilines is 2. The molecule has 7 rings (SSSR count). The van der Waals surface area contributed by atoms with Crippen molar-refractivity contribution in [2.45, 2.75) is 37.3 Å². The minimum absolute atomic E-state index is 0.0313. The van der Waals surface area contributed by atoms with Gasteiger partial charge in [-0.3, -0.25) is 14.9 Å². The van der Waals surface area contributed by atoms with Crippen LogP contribution in [-0.2, 0) is 15.7 Å². The van der Waals surface area contributed by atoms with Crippen molar-refractivity contribution in [3.05, 3.63) is 137 Å². The molecule has 2 saturated carbocycles. The van der Waals surface area contributed by atoms with Crippen molar-refractivity contribution in [3.63, 3.8) is 0 Å². The molecule has 0 spiro atoms. The lowest BCUT2D eigenvalue weighted by atomic mass is 9.87. The summed E-state index contributed by atoms with van der Waals surface area (Å²) in [5, 5.41) is 7.34. The molecule has 4 unspecified atom stereocenters. The van der Waals surface area contributed by atoms with E-state index in [0.717, 1.165) is 73.0 Å². The summed E-state index contributed by atoms with van der Waals surface area (Å²) < 4.78 is 136. The van der Waals surface area contributed by atoms with E-state index in [-0.39, 0.29) is 34.2 Å². The van der Waals surface area contributed by atoms with E-state index in [0.29, 0.717) is 12.1 Å². The van der Waals surface area contributed by atoms with Gasteiger partial charge in [-0.1, -0.05) is 35.9 Å². The van der Waals surface area contributed by atoms with Crippen LogP contribution in [0, 0.1) is 41.1 Å². The van der Waals surface area contributed by atoms with E-state index in [4.69, 9.17) is 9.47 Å². The Balaban J connectivity index is 1.17. The molecule has 59 heavy (non-hydrogen) atoms. The summed E-state index contributed by atoms with van der Waals surface area (Å²) >= 11 is 0. The number of carbonyl (C=O) groups excluding carboxylic acids is 3. The Bertz CT molecular complexity index is 2360. The van der Waals surface area contributed by atoms with Gasteiger partial charge in [0.05, 0.1) is 30.2 Å². The SMILES string of the molecule is COc1ccc(-c2cc(C(OC(=O)Nc3ccc(F)cc3)C(F)(F)F)ccc2F)cc1C(=O)NC1C2C=CC(/C2=C/C2CC2)[C@@H]1C(=O)Nc1ccc(F)c(C(F)(F)F)c1. The molecule has 3 aliphatic rings. The minimum Gasteiger partial charge on any atom is -0.496 e. The van der Waals surface area contributed by atoms with Gasteiger partial charge in [-0.15, -0.1) is 0 Å². The first kappa shape index (κ1) is 40.9. The number of nitrogens with one attached hydrogen (secondary N) is 3. The molecule has 4 aromatic rings. The zero-order chi connectivity index (χ0) is 42.4. The Kier molecular flexibility index (Phi) is 11.0. The van der Waals surface area contributed by atoms with Gasteiger partial charge in [0.2, 0.25) is 12.0 Å². The van der Waals surface area contributed by atoms with Gasteiger partial charge >= 0.3 is 18.4 Å². The van der Waals surface area contributed by atoms with Crippen LogP contribution in [0.15, 0.2) is 103 Å². The second-order valence-corrected chi connectivity index (χ2v) is 14.3. The number of amides is 3. The first-order valence-electron chi connectivity index (χ1n) is 18.1. The zero-order valence-corrected chi connectivity index (χ0v) is 30.6. The highest BCUT2D eigenvalue weighted by molar-refractivity contribution is 6.00. The highest BCUT2D eigenvalue weighted by atomic mass is 19.4. The van der Waals surface area contributed by atoms with Crippen molar-refractivity contribution in [1.82, 2.24) is 5.32 Å². The number of carbonyl (C=O) groups is 3. The van der Waals surface area contributed by atoms with Gasteiger partial charge in [0, 0.05) is 34.3 Å². The smallest absolute Gasteiger partial charge is 0.429 e. The van der Waals surface area contributed by atoms with E-state index in [9.17, 15) is 49.5 Å². The summed E-state index contributed by atoms with van der Waals surface area (Å²) in [5.74, 6) is -6.63. The Morgan fingerprint density at radius 2 is 1.46 bits per heavy atom. The normalized spacial score (nSPS) is 20.9. The fourth-order valence-corrected chi connectivity index (χ4v) is 7.41. The number of rotatable bonds is 10. The molecule has 17 heteroatoms. The maximum Gasteiger partial charge on any atom is 0.429 e. The number of benzene rings is 4. The van der Waals surface area contributed by atoms with Crippen LogP contribution in [-0.4, -0.2) is 37.2 Å². The highest BCUT2D eigenvalue weighted by Gasteiger charge is 2.53. The van der Waals surface area contributed by atoms with Gasteiger partial charge in [-0.05, 0) is 91.1 Å². The van der Waals surface area contributed by atoms with E-state index in [1.54, 1.807) is 12.2 Å². The first-order chi connectivity index (χ1) is 27.9. The average molecular weight is 830 g/mol. The van der Waals surface area contributed by atoms with Gasteiger partial charge in [-0.2, -0.15) is 26.3 Å². The van der Waals surface area contributed by atoms with Gasteiger partial charge < -0.3 is 20.1 Å². The van der Waals surface area contributed by atoms with E-state index < -0.39 is 94.3 Å². The Morgan fingerprint density at radius 3 is 2.12 bits per heavy atom. The van der Waals surface area contributed by atoms with E-state index >= 15 is 4.39 Å². The highest BCUT2D eigenvalue weighted by Crippen LogP contribution is 2.51. The van der Waals surface area contributed by atoms with Crippen LogP contribution in [0.1, 0.15) is 40.4 Å². The summed E-state index contributed by atoms with van der Waals surface area (Å²) in [6, 6.07) is 11.2. The molecule has 5 atom stereocenters. The van der Waals surface area contributed by atoms with Crippen molar-refractivity contribution < 1.29 is 63.4 Å². The lowest BCUT2D eigenvalue weighted by molar-refractivity contribution is -0.205. The number of allylic oxidation sites excluding steroid dienone is 2. The van der Waals surface area contributed by atoms with Crippen LogP contribution in [0.5, 0.6) is 5.75 Å². The predicted octanol–water partition coefficient (Wildman–Crippen LogP) is 10.2. The molecule has 0 radical (unpaired) electrons. The first-order valence-corrected chi connectivity index (χ1v) is 18.1. The number of halogens is 9. The standard InChI is InChI=1S/C42H32F9N3O5/c1-58-34-15-5-21(28-18-22(4-13-32(28)44)37(42(49,50)51)59-40(57)53-24-8-6-23(43)7-9-24)17-30(34)38(55)54-36-27-12-11-26(29(27)16-20-2-3-20)35(36)39(56)52-25-10-14-33(45)31(19-25)41(46,47)48/h4-20,26-27,35-37H,2-3H2,1H3,(H,52,56)(H,53,57)(H,54,55)/b29-16-/t26?,27?,35-,36?,37?/m0/s1. The summed E-state index contributed by atoms with van der Waals surface area (Å²) in [6.07, 6.45) is -7.21. The predicted molar refractivity (Wildman–Crippen MR) is 195 cm³/mol. The molecule has 0 heterocycles. The van der Waals surface area contributed by atoms with Crippen LogP contribution in [0.2, 0.25) is 0 Å². The van der Waals surface area contributed by atoms with Crippen LogP contribution in [0.25, 0.3) is 11.1 Å².